The van der Waals surface area contributed by atoms with Gasteiger partial charge in [-0.25, -0.2) is 4.79 Å². The largest absolute Gasteiger partial charge is 0.466 e. The molecule has 0 saturated heterocycles. The molecule has 0 bridgehead atoms. The fourth-order valence-electron chi connectivity index (χ4n) is 1.65. The van der Waals surface area contributed by atoms with Crippen LogP contribution < -0.4 is 0 Å². The number of hydrogen-bond acceptors (Lipinski definition) is 2. The van der Waals surface area contributed by atoms with Crippen LogP contribution in [0.4, 0.5) is 0 Å². The van der Waals surface area contributed by atoms with E-state index in [9.17, 15) is 4.79 Å². The van der Waals surface area contributed by atoms with Gasteiger partial charge < -0.3 is 9.72 Å². The molecule has 1 heterocycles. The van der Waals surface area contributed by atoms with E-state index < -0.39 is 0 Å². The standard InChI is InChI=1S/C13H13NO2/c1-16-13(15)8-4-5-10-9-14-12-7-3-2-6-11(10)12/h2-4,6-9,14H,5H2,1H3. The van der Waals surface area contributed by atoms with Gasteiger partial charge in [0.25, 0.3) is 0 Å². The van der Waals surface area contributed by atoms with Gasteiger partial charge in [-0.1, -0.05) is 24.3 Å². The molecule has 0 radical (unpaired) electrons. The Morgan fingerprint density at radius 3 is 3.06 bits per heavy atom. The van der Waals surface area contributed by atoms with E-state index in [1.54, 1.807) is 6.08 Å². The van der Waals surface area contributed by atoms with Crippen molar-refractivity contribution < 1.29 is 9.53 Å². The summed E-state index contributed by atoms with van der Waals surface area (Å²) in [7, 11) is 1.37. The Balaban J connectivity index is 2.16. The van der Waals surface area contributed by atoms with Crippen LogP contribution in [0.2, 0.25) is 0 Å². The molecular formula is C13H13NO2. The summed E-state index contributed by atoms with van der Waals surface area (Å²) < 4.78 is 4.52. The van der Waals surface area contributed by atoms with Crippen molar-refractivity contribution in [2.75, 3.05) is 7.11 Å². The van der Waals surface area contributed by atoms with E-state index >= 15 is 0 Å². The summed E-state index contributed by atoms with van der Waals surface area (Å²) in [5, 5.41) is 1.19. The lowest BCUT2D eigenvalue weighted by Crippen LogP contribution is -1.93. The normalized spacial score (nSPS) is 11.1. The third-order valence-electron chi connectivity index (χ3n) is 2.47. The molecule has 0 aliphatic rings. The number of hydrogen-bond donors (Lipinski definition) is 1. The van der Waals surface area contributed by atoms with Gasteiger partial charge >= 0.3 is 5.97 Å². The molecule has 0 saturated carbocycles. The summed E-state index contributed by atoms with van der Waals surface area (Å²) in [6.45, 7) is 0. The second kappa shape index (κ2) is 4.66. The zero-order valence-electron chi connectivity index (χ0n) is 9.07. The van der Waals surface area contributed by atoms with Crippen molar-refractivity contribution in [3.8, 4) is 0 Å². The number of aromatic amines is 1. The number of carbonyl (C=O) groups is 1. The minimum atomic E-state index is -0.320. The first-order valence-electron chi connectivity index (χ1n) is 5.11. The van der Waals surface area contributed by atoms with Gasteiger partial charge in [0.15, 0.2) is 0 Å². The summed E-state index contributed by atoms with van der Waals surface area (Å²) in [6.07, 6.45) is 5.94. The van der Waals surface area contributed by atoms with Crippen molar-refractivity contribution in [2.24, 2.45) is 0 Å². The lowest BCUT2D eigenvalue weighted by atomic mass is 10.1. The number of carbonyl (C=O) groups excluding carboxylic acids is 1. The third kappa shape index (κ3) is 2.14. The van der Waals surface area contributed by atoms with Crippen LogP contribution in [0.15, 0.2) is 42.6 Å². The second-order valence-electron chi connectivity index (χ2n) is 3.49. The molecule has 0 aliphatic carbocycles. The Morgan fingerprint density at radius 1 is 1.44 bits per heavy atom. The summed E-state index contributed by atoms with van der Waals surface area (Å²) >= 11 is 0. The van der Waals surface area contributed by atoms with E-state index in [4.69, 9.17) is 0 Å². The molecule has 0 fully saturated rings. The number of benzene rings is 1. The van der Waals surface area contributed by atoms with Crippen molar-refractivity contribution in [1.29, 1.82) is 0 Å². The van der Waals surface area contributed by atoms with Crippen LogP contribution in [0.5, 0.6) is 0 Å². The molecule has 3 nitrogen and oxygen atoms in total. The number of nitrogens with one attached hydrogen (secondary N) is 1. The number of allylic oxidation sites excluding steroid dienone is 1. The third-order valence-corrected chi connectivity index (χ3v) is 2.47. The van der Waals surface area contributed by atoms with Crippen LogP contribution in [0.1, 0.15) is 5.56 Å². The van der Waals surface area contributed by atoms with Crippen molar-refractivity contribution in [3.63, 3.8) is 0 Å². The molecule has 1 aromatic carbocycles. The molecule has 82 valence electrons. The highest BCUT2D eigenvalue weighted by molar-refractivity contribution is 5.84. The quantitative estimate of drug-likeness (QED) is 0.631. The number of methoxy groups -OCH3 is 1. The molecule has 16 heavy (non-hydrogen) atoms. The zero-order chi connectivity index (χ0) is 11.4. The van der Waals surface area contributed by atoms with Crippen molar-refractivity contribution in [3.05, 3.63) is 48.2 Å². The van der Waals surface area contributed by atoms with Crippen LogP contribution in [0, 0.1) is 0 Å². The first-order valence-corrected chi connectivity index (χ1v) is 5.11. The van der Waals surface area contributed by atoms with Gasteiger partial charge in [-0.05, 0) is 18.1 Å². The first kappa shape index (κ1) is 10.5. The van der Waals surface area contributed by atoms with Gasteiger partial charge in [-0.3, -0.25) is 0 Å². The zero-order valence-corrected chi connectivity index (χ0v) is 9.07. The highest BCUT2D eigenvalue weighted by Gasteiger charge is 2.00. The van der Waals surface area contributed by atoms with Gasteiger partial charge in [0.05, 0.1) is 7.11 Å². The average Bonchev–Trinajstić information content (AvgIpc) is 2.73. The molecule has 0 spiro atoms. The molecule has 1 aromatic heterocycles. The van der Waals surface area contributed by atoms with E-state index in [0.29, 0.717) is 0 Å². The fourth-order valence-corrected chi connectivity index (χ4v) is 1.65. The maximum atomic E-state index is 10.9. The van der Waals surface area contributed by atoms with E-state index in [2.05, 4.69) is 15.8 Å². The smallest absolute Gasteiger partial charge is 0.330 e. The minimum absolute atomic E-state index is 0.320. The predicted octanol–water partition coefficient (Wildman–Crippen LogP) is 2.44. The number of aromatic nitrogens is 1. The molecule has 0 atom stereocenters. The Hall–Kier alpha value is -2.03. The molecule has 2 aromatic rings. The lowest BCUT2D eigenvalue weighted by molar-refractivity contribution is -0.134. The number of rotatable bonds is 3. The molecule has 0 aliphatic heterocycles. The van der Waals surface area contributed by atoms with Crippen molar-refractivity contribution in [1.82, 2.24) is 4.98 Å². The number of esters is 1. The van der Waals surface area contributed by atoms with Crippen LogP contribution >= 0.6 is 0 Å². The number of ether oxygens (including phenoxy) is 1. The Labute approximate surface area is 93.7 Å². The Morgan fingerprint density at radius 2 is 2.25 bits per heavy atom. The topological polar surface area (TPSA) is 42.1 Å². The van der Waals surface area contributed by atoms with Gasteiger partial charge in [-0.2, -0.15) is 0 Å². The highest BCUT2D eigenvalue weighted by atomic mass is 16.5. The molecule has 1 N–H and O–H groups in total. The van der Waals surface area contributed by atoms with E-state index in [0.717, 1.165) is 11.9 Å². The van der Waals surface area contributed by atoms with E-state index in [1.165, 1.54) is 24.1 Å². The van der Waals surface area contributed by atoms with Gasteiger partial charge in [0, 0.05) is 23.2 Å². The Kier molecular flexibility index (Phi) is 3.05. The summed E-state index contributed by atoms with van der Waals surface area (Å²) in [6, 6.07) is 8.09. The lowest BCUT2D eigenvalue weighted by Gasteiger charge is -1.93. The Bertz CT molecular complexity index is 525. The van der Waals surface area contributed by atoms with E-state index in [1.807, 2.05) is 24.4 Å². The highest BCUT2D eigenvalue weighted by Crippen LogP contribution is 2.18. The van der Waals surface area contributed by atoms with Gasteiger partial charge in [0.1, 0.15) is 0 Å². The molecule has 0 unspecified atom stereocenters. The van der Waals surface area contributed by atoms with Crippen molar-refractivity contribution in [2.45, 2.75) is 6.42 Å². The minimum Gasteiger partial charge on any atom is -0.466 e. The van der Waals surface area contributed by atoms with Crippen LogP contribution in [-0.4, -0.2) is 18.1 Å². The summed E-state index contributed by atoms with van der Waals surface area (Å²) in [5.74, 6) is -0.320. The summed E-state index contributed by atoms with van der Waals surface area (Å²) in [5.41, 5.74) is 2.29. The fraction of sp³-hybridized carbons (Fsp3) is 0.154. The first-order chi connectivity index (χ1) is 7.81. The number of para-hydroxylation sites is 1. The maximum Gasteiger partial charge on any atom is 0.330 e. The summed E-state index contributed by atoms with van der Waals surface area (Å²) in [4.78, 5) is 14.1. The average molecular weight is 215 g/mol. The second-order valence-corrected chi connectivity index (χ2v) is 3.49. The van der Waals surface area contributed by atoms with Crippen molar-refractivity contribution >= 4 is 16.9 Å². The molecule has 0 amide bonds. The van der Waals surface area contributed by atoms with Crippen LogP contribution in [0.3, 0.4) is 0 Å². The SMILES string of the molecule is COC(=O)C=CCc1c[nH]c2ccccc12. The molecular weight excluding hydrogens is 202 g/mol. The number of fused-ring (bicyclic) bond motifs is 1. The predicted molar refractivity (Wildman–Crippen MR) is 63.2 cm³/mol. The molecule has 3 heteroatoms. The monoisotopic (exact) mass is 215 g/mol. The number of H-pyrrole nitrogens is 1. The van der Waals surface area contributed by atoms with E-state index in [-0.39, 0.29) is 5.97 Å². The maximum absolute atomic E-state index is 10.9. The van der Waals surface area contributed by atoms with Gasteiger partial charge in [0.2, 0.25) is 0 Å². The van der Waals surface area contributed by atoms with Gasteiger partial charge in [-0.15, -0.1) is 0 Å². The van der Waals surface area contributed by atoms with Crippen LogP contribution in [0.25, 0.3) is 10.9 Å². The van der Waals surface area contributed by atoms with Crippen LogP contribution in [-0.2, 0) is 16.0 Å². The molecule has 2 rings (SSSR count).